The molecule has 2 aromatic heterocycles. The lowest BCUT2D eigenvalue weighted by atomic mass is 10.1. The summed E-state index contributed by atoms with van der Waals surface area (Å²) in [5.41, 5.74) is 4.03. The van der Waals surface area contributed by atoms with E-state index in [-0.39, 0.29) is 35.9 Å². The number of aromatic carboxylic acids is 2. The Bertz CT molecular complexity index is 1140. The maximum Gasteiger partial charge on any atom is 0.335 e. The van der Waals surface area contributed by atoms with E-state index in [9.17, 15) is 9.59 Å². The van der Waals surface area contributed by atoms with Crippen LogP contribution in [0, 0.1) is 0 Å². The fourth-order valence-electron chi connectivity index (χ4n) is 3.18. The molecule has 0 fully saturated rings. The lowest BCUT2D eigenvalue weighted by molar-refractivity contribution is -0.596. The number of hydrogen-bond acceptors (Lipinski definition) is 2. The lowest BCUT2D eigenvalue weighted by Gasteiger charge is -2.02. The zero-order valence-electron chi connectivity index (χ0n) is 16.6. The molecule has 0 spiro atoms. The molecule has 0 saturated heterocycles. The third kappa shape index (κ3) is 5.29. The molecule has 0 bridgehead atoms. The summed E-state index contributed by atoms with van der Waals surface area (Å²) in [6, 6.07) is 21.3. The van der Waals surface area contributed by atoms with E-state index in [1.54, 1.807) is 36.4 Å². The van der Waals surface area contributed by atoms with Crippen molar-refractivity contribution in [2.24, 2.45) is 0 Å². The first-order valence-corrected chi connectivity index (χ1v) is 9.22. The number of halogens is 2. The molecule has 4 aromatic rings. The fourth-order valence-corrected chi connectivity index (χ4v) is 3.18. The average Bonchev–Trinajstić information content (AvgIpc) is 2.79. The quantitative estimate of drug-likeness (QED) is 0.312. The predicted molar refractivity (Wildman–Crippen MR) is 109 cm³/mol. The Morgan fingerprint density at radius 1 is 0.562 bits per heavy atom. The van der Waals surface area contributed by atoms with Crippen LogP contribution in [0.1, 0.15) is 20.7 Å². The lowest BCUT2D eigenvalue weighted by Crippen LogP contribution is -3.00. The molecule has 0 aliphatic carbocycles. The highest BCUT2D eigenvalue weighted by Crippen LogP contribution is 2.17. The number of pyridine rings is 2. The number of benzene rings is 2. The third-order valence-electron chi connectivity index (χ3n) is 4.77. The van der Waals surface area contributed by atoms with Gasteiger partial charge >= 0.3 is 11.9 Å². The maximum atomic E-state index is 11.2. The van der Waals surface area contributed by atoms with Crippen LogP contribution in [0.5, 0.6) is 0 Å². The number of hydrogen-bond donors (Lipinski definition) is 2. The molecule has 8 heteroatoms. The first kappa shape index (κ1) is 24.5. The summed E-state index contributed by atoms with van der Waals surface area (Å²) in [6.45, 7) is 0. The summed E-state index contributed by atoms with van der Waals surface area (Å²) >= 11 is 0. The highest BCUT2D eigenvalue weighted by atomic mass is 35.5. The summed E-state index contributed by atoms with van der Waals surface area (Å²) in [7, 11) is 0. The molecule has 32 heavy (non-hydrogen) atoms. The van der Waals surface area contributed by atoms with Crippen LogP contribution in [-0.4, -0.2) is 22.2 Å². The van der Waals surface area contributed by atoms with Crippen molar-refractivity contribution in [2.45, 2.75) is 0 Å². The molecule has 0 radical (unpaired) electrons. The van der Waals surface area contributed by atoms with Crippen LogP contribution in [0.4, 0.5) is 0 Å². The van der Waals surface area contributed by atoms with E-state index in [1.807, 2.05) is 70.3 Å². The minimum atomic E-state index is -0.958. The first-order chi connectivity index (χ1) is 14.5. The molecule has 2 N–H and O–H groups in total. The van der Waals surface area contributed by atoms with Gasteiger partial charge in [0.05, 0.1) is 11.1 Å². The molecular weight excluding hydrogens is 451 g/mol. The molecule has 162 valence electrons. The summed E-state index contributed by atoms with van der Waals surface area (Å²) in [5.74, 6) is -1.92. The van der Waals surface area contributed by atoms with Gasteiger partial charge < -0.3 is 35.0 Å². The van der Waals surface area contributed by atoms with E-state index in [1.165, 1.54) is 0 Å². The molecule has 0 amide bonds. The van der Waals surface area contributed by atoms with Crippen LogP contribution in [-0.2, 0) is 0 Å². The van der Waals surface area contributed by atoms with Crippen LogP contribution in [0.3, 0.4) is 0 Å². The Morgan fingerprint density at radius 2 is 0.906 bits per heavy atom. The van der Waals surface area contributed by atoms with Gasteiger partial charge in [-0.25, -0.2) is 9.59 Å². The molecular formula is C24H18Cl2N2O4. The van der Waals surface area contributed by atoms with Gasteiger partial charge in [0, 0.05) is 48.5 Å². The Kier molecular flexibility index (Phi) is 8.07. The van der Waals surface area contributed by atoms with Gasteiger partial charge in [0.2, 0.25) is 11.4 Å². The molecule has 0 atom stereocenters. The van der Waals surface area contributed by atoms with Crippen molar-refractivity contribution in [3.8, 4) is 22.5 Å². The number of nitrogens with zero attached hydrogens (tertiary/aromatic N) is 2. The second-order valence-electron chi connectivity index (χ2n) is 6.70. The number of aromatic nitrogens is 2. The van der Waals surface area contributed by atoms with Crippen molar-refractivity contribution in [3.63, 3.8) is 0 Å². The van der Waals surface area contributed by atoms with Crippen LogP contribution in [0.2, 0.25) is 0 Å². The highest BCUT2D eigenvalue weighted by molar-refractivity contribution is 5.88. The molecule has 0 aliphatic rings. The van der Waals surface area contributed by atoms with Gasteiger partial charge in [-0.1, -0.05) is 12.1 Å². The van der Waals surface area contributed by atoms with Gasteiger partial charge in [-0.2, -0.15) is 9.13 Å². The van der Waals surface area contributed by atoms with E-state index in [4.69, 9.17) is 10.2 Å². The molecule has 0 aliphatic heterocycles. The normalized spacial score (nSPS) is 9.88. The van der Waals surface area contributed by atoms with E-state index in [2.05, 4.69) is 0 Å². The minimum Gasteiger partial charge on any atom is -1.00 e. The standard InChI is InChI=1S/C24H16N2O4.2ClH/c27-23(28)19-3-1-5-21(15-19)25-11-7-17(8-12-25)18-9-13-26(14-10-18)22-6-2-4-20(16-22)24(29)30;;/h1-16H;2*1H. The zero-order valence-corrected chi connectivity index (χ0v) is 18.1. The predicted octanol–water partition coefficient (Wildman–Crippen LogP) is -2.69. The molecule has 2 heterocycles. The van der Waals surface area contributed by atoms with Crippen molar-refractivity contribution in [1.29, 1.82) is 0 Å². The van der Waals surface area contributed by atoms with Gasteiger partial charge in [-0.05, 0) is 23.3 Å². The smallest absolute Gasteiger partial charge is 0.335 e. The van der Waals surface area contributed by atoms with Gasteiger partial charge in [-0.3, -0.25) is 0 Å². The van der Waals surface area contributed by atoms with Gasteiger partial charge in [0.25, 0.3) is 0 Å². The second kappa shape index (κ2) is 10.5. The zero-order chi connectivity index (χ0) is 21.1. The van der Waals surface area contributed by atoms with Crippen molar-refractivity contribution in [1.82, 2.24) is 0 Å². The van der Waals surface area contributed by atoms with E-state index >= 15 is 0 Å². The Balaban J connectivity index is 0.00000181. The number of carboxylic acids is 2. The maximum absolute atomic E-state index is 11.2. The van der Waals surface area contributed by atoms with Crippen molar-refractivity contribution >= 4 is 11.9 Å². The Morgan fingerprint density at radius 3 is 1.22 bits per heavy atom. The van der Waals surface area contributed by atoms with Crippen molar-refractivity contribution < 1.29 is 53.8 Å². The number of carboxylic acid groups (broad SMARTS) is 2. The summed E-state index contributed by atoms with van der Waals surface area (Å²) < 4.78 is 3.72. The van der Waals surface area contributed by atoms with Crippen LogP contribution >= 0.6 is 0 Å². The second-order valence-corrected chi connectivity index (χ2v) is 6.70. The van der Waals surface area contributed by atoms with Gasteiger partial charge in [0.1, 0.15) is 0 Å². The monoisotopic (exact) mass is 468 g/mol. The summed E-state index contributed by atoms with van der Waals surface area (Å²) in [4.78, 5) is 22.3. The van der Waals surface area contributed by atoms with E-state index in [0.717, 1.165) is 22.5 Å². The Labute approximate surface area is 196 Å². The van der Waals surface area contributed by atoms with Gasteiger partial charge in [-0.15, -0.1) is 0 Å². The first-order valence-electron chi connectivity index (χ1n) is 9.22. The SMILES string of the molecule is O=C(O)c1cccc(-[n+]2ccc(-c3cc[n+](-c4cccc(C(=O)O)c4)cc3)cc2)c1.[Cl-].[Cl-]. The van der Waals surface area contributed by atoms with E-state index < -0.39 is 11.9 Å². The van der Waals surface area contributed by atoms with Crippen LogP contribution < -0.4 is 33.9 Å². The average molecular weight is 469 g/mol. The number of rotatable bonds is 5. The highest BCUT2D eigenvalue weighted by Gasteiger charge is 2.13. The fraction of sp³-hybridized carbons (Fsp3) is 0. The van der Waals surface area contributed by atoms with Gasteiger partial charge in [0.15, 0.2) is 24.8 Å². The Hall–Kier alpha value is -3.74. The third-order valence-corrected chi connectivity index (χ3v) is 4.77. The van der Waals surface area contributed by atoms with Crippen LogP contribution in [0.15, 0.2) is 97.6 Å². The number of carbonyl (C=O) groups is 2. The molecule has 2 aromatic carbocycles. The molecule has 0 unspecified atom stereocenters. The minimum absolute atomic E-state index is 0. The molecule has 0 saturated carbocycles. The topological polar surface area (TPSA) is 82.4 Å². The van der Waals surface area contributed by atoms with E-state index in [0.29, 0.717) is 0 Å². The van der Waals surface area contributed by atoms with Crippen molar-refractivity contribution in [3.05, 3.63) is 109 Å². The van der Waals surface area contributed by atoms with Crippen molar-refractivity contribution in [2.75, 3.05) is 0 Å². The van der Waals surface area contributed by atoms with Crippen LogP contribution in [0.25, 0.3) is 22.5 Å². The summed E-state index contributed by atoms with van der Waals surface area (Å²) in [5, 5.41) is 18.3. The molecule has 4 rings (SSSR count). The largest absolute Gasteiger partial charge is 1.00 e. The molecule has 6 nitrogen and oxygen atoms in total. The summed E-state index contributed by atoms with van der Waals surface area (Å²) in [6.07, 6.45) is 7.53.